The highest BCUT2D eigenvalue weighted by Gasteiger charge is 2.32. The molecule has 84 valence electrons. The minimum atomic E-state index is -4.32. The molecule has 0 saturated carbocycles. The second kappa shape index (κ2) is 3.66. The summed E-state index contributed by atoms with van der Waals surface area (Å²) in [6.07, 6.45) is 0.297. The van der Waals surface area contributed by atoms with Gasteiger partial charge < -0.3 is 4.57 Å². The van der Waals surface area contributed by atoms with Crippen molar-refractivity contribution in [2.45, 2.75) is 13.1 Å². The van der Waals surface area contributed by atoms with Crippen molar-refractivity contribution in [3.63, 3.8) is 0 Å². The van der Waals surface area contributed by atoms with Crippen LogP contribution < -0.4 is 0 Å². The van der Waals surface area contributed by atoms with E-state index in [9.17, 15) is 13.2 Å². The van der Waals surface area contributed by atoms with E-state index in [1.165, 1.54) is 25.5 Å². The molecule has 5 heteroatoms. The Hall–Kier alpha value is -1.78. The van der Waals surface area contributed by atoms with Crippen molar-refractivity contribution in [2.75, 3.05) is 0 Å². The first kappa shape index (κ1) is 10.7. The number of rotatable bonds is 1. The number of imidazole rings is 1. The van der Waals surface area contributed by atoms with Gasteiger partial charge in [0, 0.05) is 18.1 Å². The maximum atomic E-state index is 12.6. The average Bonchev–Trinajstić information content (AvgIpc) is 2.69. The van der Waals surface area contributed by atoms with Crippen LogP contribution in [-0.2, 0) is 6.18 Å². The van der Waals surface area contributed by atoms with E-state index in [1.54, 1.807) is 16.8 Å². The second-order valence-electron chi connectivity index (χ2n) is 3.42. The SMILES string of the molecule is Cc1c(-n2ccnc2)cccc1C(F)(F)F. The van der Waals surface area contributed by atoms with Gasteiger partial charge in [0.05, 0.1) is 11.9 Å². The van der Waals surface area contributed by atoms with Crippen LogP contribution in [0.4, 0.5) is 13.2 Å². The molecule has 0 aliphatic carbocycles. The molecule has 0 bridgehead atoms. The molecule has 0 atom stereocenters. The van der Waals surface area contributed by atoms with Crippen molar-refractivity contribution < 1.29 is 13.2 Å². The summed E-state index contributed by atoms with van der Waals surface area (Å²) in [6.45, 7) is 1.46. The van der Waals surface area contributed by atoms with Gasteiger partial charge >= 0.3 is 6.18 Å². The molecule has 0 radical (unpaired) electrons. The Morgan fingerprint density at radius 1 is 1.25 bits per heavy atom. The first-order valence-corrected chi connectivity index (χ1v) is 4.65. The third-order valence-electron chi connectivity index (χ3n) is 2.39. The summed E-state index contributed by atoms with van der Waals surface area (Å²) in [7, 11) is 0. The Morgan fingerprint density at radius 2 is 2.00 bits per heavy atom. The highest BCUT2D eigenvalue weighted by Crippen LogP contribution is 2.33. The van der Waals surface area contributed by atoms with E-state index in [2.05, 4.69) is 4.98 Å². The summed E-state index contributed by atoms with van der Waals surface area (Å²) in [4.78, 5) is 3.81. The average molecular weight is 226 g/mol. The third kappa shape index (κ3) is 1.80. The fraction of sp³-hybridized carbons (Fsp3) is 0.182. The molecule has 0 spiro atoms. The van der Waals surface area contributed by atoms with E-state index >= 15 is 0 Å². The van der Waals surface area contributed by atoms with E-state index in [4.69, 9.17) is 0 Å². The molecule has 1 heterocycles. The monoisotopic (exact) mass is 226 g/mol. The van der Waals surface area contributed by atoms with Gasteiger partial charge in [-0.15, -0.1) is 0 Å². The molecule has 1 aromatic heterocycles. The lowest BCUT2D eigenvalue weighted by atomic mass is 10.1. The largest absolute Gasteiger partial charge is 0.416 e. The van der Waals surface area contributed by atoms with Crippen molar-refractivity contribution in [1.82, 2.24) is 9.55 Å². The number of nitrogens with zero attached hydrogens (tertiary/aromatic N) is 2. The van der Waals surface area contributed by atoms with Crippen molar-refractivity contribution >= 4 is 0 Å². The normalized spacial score (nSPS) is 11.8. The first-order chi connectivity index (χ1) is 7.50. The molecular formula is C11H9F3N2. The number of aromatic nitrogens is 2. The molecule has 2 nitrogen and oxygen atoms in total. The molecule has 0 fully saturated rings. The molecule has 1 aromatic carbocycles. The van der Waals surface area contributed by atoms with E-state index in [-0.39, 0.29) is 5.56 Å². The predicted octanol–water partition coefficient (Wildman–Crippen LogP) is 3.20. The van der Waals surface area contributed by atoms with Crippen LogP contribution in [0.1, 0.15) is 11.1 Å². The van der Waals surface area contributed by atoms with Crippen LogP contribution in [0.25, 0.3) is 5.69 Å². The van der Waals surface area contributed by atoms with Crippen molar-refractivity contribution in [3.8, 4) is 5.69 Å². The van der Waals surface area contributed by atoms with E-state index in [0.29, 0.717) is 5.69 Å². The van der Waals surface area contributed by atoms with Crippen LogP contribution >= 0.6 is 0 Å². The van der Waals surface area contributed by atoms with Gasteiger partial charge in [0.2, 0.25) is 0 Å². The van der Waals surface area contributed by atoms with E-state index < -0.39 is 11.7 Å². The zero-order chi connectivity index (χ0) is 11.8. The third-order valence-corrected chi connectivity index (χ3v) is 2.39. The number of alkyl halides is 3. The molecule has 0 aliphatic heterocycles. The van der Waals surface area contributed by atoms with Crippen LogP contribution in [0.2, 0.25) is 0 Å². The zero-order valence-electron chi connectivity index (χ0n) is 8.49. The number of benzene rings is 1. The smallest absolute Gasteiger partial charge is 0.306 e. The van der Waals surface area contributed by atoms with E-state index in [0.717, 1.165) is 6.07 Å². The van der Waals surface area contributed by atoms with Crippen molar-refractivity contribution in [1.29, 1.82) is 0 Å². The second-order valence-corrected chi connectivity index (χ2v) is 3.42. The molecular weight excluding hydrogens is 217 g/mol. The summed E-state index contributed by atoms with van der Waals surface area (Å²) >= 11 is 0. The maximum Gasteiger partial charge on any atom is 0.416 e. The highest BCUT2D eigenvalue weighted by atomic mass is 19.4. The fourth-order valence-corrected chi connectivity index (χ4v) is 1.61. The van der Waals surface area contributed by atoms with Gasteiger partial charge in [-0.2, -0.15) is 13.2 Å². The van der Waals surface area contributed by atoms with Gasteiger partial charge in [-0.3, -0.25) is 0 Å². The number of halogens is 3. The van der Waals surface area contributed by atoms with Gasteiger partial charge in [-0.05, 0) is 24.6 Å². The Balaban J connectivity index is 2.58. The van der Waals surface area contributed by atoms with Crippen molar-refractivity contribution in [3.05, 3.63) is 48.0 Å². The summed E-state index contributed by atoms with van der Waals surface area (Å²) in [5, 5.41) is 0. The quantitative estimate of drug-likeness (QED) is 0.730. The summed E-state index contributed by atoms with van der Waals surface area (Å²) in [6, 6.07) is 4.10. The van der Waals surface area contributed by atoms with Gasteiger partial charge in [0.25, 0.3) is 0 Å². The summed E-state index contributed by atoms with van der Waals surface area (Å²) in [5.74, 6) is 0. The van der Waals surface area contributed by atoms with Crippen LogP contribution in [0.5, 0.6) is 0 Å². The molecule has 2 aromatic rings. The molecule has 0 aliphatic rings. The fourth-order valence-electron chi connectivity index (χ4n) is 1.61. The van der Waals surface area contributed by atoms with Crippen LogP contribution in [0, 0.1) is 6.92 Å². The Labute approximate surface area is 90.4 Å². The highest BCUT2D eigenvalue weighted by molar-refractivity contribution is 5.46. The molecule has 0 N–H and O–H groups in total. The molecule has 0 saturated heterocycles. The van der Waals surface area contributed by atoms with Crippen LogP contribution in [0.15, 0.2) is 36.9 Å². The lowest BCUT2D eigenvalue weighted by molar-refractivity contribution is -0.138. The Morgan fingerprint density at radius 3 is 2.56 bits per heavy atom. The topological polar surface area (TPSA) is 17.8 Å². The van der Waals surface area contributed by atoms with Crippen molar-refractivity contribution in [2.24, 2.45) is 0 Å². The Kier molecular flexibility index (Phi) is 2.46. The number of hydrogen-bond acceptors (Lipinski definition) is 1. The molecule has 0 amide bonds. The minimum Gasteiger partial charge on any atom is -0.306 e. The summed E-state index contributed by atoms with van der Waals surface area (Å²) < 4.78 is 39.5. The van der Waals surface area contributed by atoms with Gasteiger partial charge in [0.1, 0.15) is 0 Å². The van der Waals surface area contributed by atoms with Gasteiger partial charge in [-0.1, -0.05) is 6.07 Å². The lowest BCUT2D eigenvalue weighted by Gasteiger charge is -2.13. The minimum absolute atomic E-state index is 0.202. The van der Waals surface area contributed by atoms with Gasteiger partial charge in [0.15, 0.2) is 0 Å². The molecule has 0 unspecified atom stereocenters. The molecule has 16 heavy (non-hydrogen) atoms. The standard InChI is InChI=1S/C11H9F3N2/c1-8-9(11(12,13)14)3-2-4-10(8)16-6-5-15-7-16/h2-7H,1H3. The molecule has 2 rings (SSSR count). The Bertz CT molecular complexity index is 486. The summed E-state index contributed by atoms with van der Waals surface area (Å²) in [5.41, 5.74) is 0.0824. The van der Waals surface area contributed by atoms with E-state index in [1.807, 2.05) is 0 Å². The van der Waals surface area contributed by atoms with Gasteiger partial charge in [-0.25, -0.2) is 4.98 Å². The van der Waals surface area contributed by atoms with Crippen LogP contribution in [-0.4, -0.2) is 9.55 Å². The maximum absolute atomic E-state index is 12.6. The number of hydrogen-bond donors (Lipinski definition) is 0. The van der Waals surface area contributed by atoms with Crippen LogP contribution in [0.3, 0.4) is 0 Å². The predicted molar refractivity (Wildman–Crippen MR) is 53.3 cm³/mol. The first-order valence-electron chi connectivity index (χ1n) is 4.65. The lowest BCUT2D eigenvalue weighted by Crippen LogP contribution is -2.09. The zero-order valence-corrected chi connectivity index (χ0v) is 8.49.